The summed E-state index contributed by atoms with van der Waals surface area (Å²) in [5.41, 5.74) is 3.38. The summed E-state index contributed by atoms with van der Waals surface area (Å²) in [5.74, 6) is 2.03. The number of anilines is 1. The summed E-state index contributed by atoms with van der Waals surface area (Å²) in [5, 5.41) is 11.8. The van der Waals surface area contributed by atoms with Crippen molar-refractivity contribution in [2.45, 2.75) is 94.9 Å². The highest BCUT2D eigenvalue weighted by Crippen LogP contribution is 2.41. The molecule has 3 atom stereocenters. The van der Waals surface area contributed by atoms with Gasteiger partial charge in [0, 0.05) is 47.9 Å². The molecular formula is C24H34N6O2. The molecule has 4 aliphatic rings. The Bertz CT molecular complexity index is 995. The second-order valence-corrected chi connectivity index (χ2v) is 10.4. The van der Waals surface area contributed by atoms with E-state index in [0.717, 1.165) is 56.7 Å². The molecule has 4 fully saturated rings. The maximum Gasteiger partial charge on any atom is 0.410 e. The number of fused-ring (bicyclic) bond motifs is 3. The molecule has 2 unspecified atom stereocenters. The molecular weight excluding hydrogens is 404 g/mol. The topological polar surface area (TPSA) is 83.8 Å². The summed E-state index contributed by atoms with van der Waals surface area (Å²) in [7, 11) is 0. The molecule has 2 bridgehead atoms. The normalized spacial score (nSPS) is 29.8. The molecule has 2 N–H and O–H groups in total. The van der Waals surface area contributed by atoms with Crippen LogP contribution in [0.2, 0.25) is 0 Å². The maximum atomic E-state index is 12.9. The van der Waals surface area contributed by atoms with Gasteiger partial charge in [-0.25, -0.2) is 9.78 Å². The third kappa shape index (κ3) is 3.62. The Kier molecular flexibility index (Phi) is 5.01. The molecule has 1 saturated carbocycles. The van der Waals surface area contributed by atoms with Gasteiger partial charge in [-0.15, -0.1) is 0 Å². The van der Waals surface area contributed by atoms with E-state index in [1.807, 2.05) is 15.6 Å². The zero-order valence-corrected chi connectivity index (χ0v) is 19.1. The largest absolute Gasteiger partial charge is 0.445 e. The van der Waals surface area contributed by atoms with Crippen LogP contribution in [0.1, 0.15) is 81.9 Å². The summed E-state index contributed by atoms with van der Waals surface area (Å²) in [6.45, 7) is 6.11. The smallest absolute Gasteiger partial charge is 0.410 e. The van der Waals surface area contributed by atoms with E-state index in [0.29, 0.717) is 17.9 Å². The molecule has 0 aromatic carbocycles. The fourth-order valence-electron chi connectivity index (χ4n) is 5.83. The highest BCUT2D eigenvalue weighted by Gasteiger charge is 2.45. The second-order valence-electron chi connectivity index (χ2n) is 10.4. The number of ether oxygens (including phenoxy) is 1. The Labute approximate surface area is 189 Å². The van der Waals surface area contributed by atoms with E-state index in [4.69, 9.17) is 9.72 Å². The lowest BCUT2D eigenvalue weighted by Gasteiger charge is -2.39. The number of piperidine rings is 1. The van der Waals surface area contributed by atoms with Gasteiger partial charge in [0.1, 0.15) is 11.9 Å². The third-order valence-corrected chi connectivity index (χ3v) is 7.72. The van der Waals surface area contributed by atoms with Crippen LogP contribution in [0, 0.1) is 0 Å². The fourth-order valence-corrected chi connectivity index (χ4v) is 5.83. The summed E-state index contributed by atoms with van der Waals surface area (Å²) < 4.78 is 7.78. The monoisotopic (exact) mass is 438 g/mol. The lowest BCUT2D eigenvalue weighted by molar-refractivity contribution is 0.0434. The van der Waals surface area contributed by atoms with E-state index < -0.39 is 0 Å². The lowest BCUT2D eigenvalue weighted by atomic mass is 9.97. The minimum absolute atomic E-state index is 0.0265. The molecule has 5 heterocycles. The number of amides is 1. The van der Waals surface area contributed by atoms with E-state index in [2.05, 4.69) is 35.6 Å². The van der Waals surface area contributed by atoms with Crippen molar-refractivity contribution in [2.75, 3.05) is 18.4 Å². The highest BCUT2D eigenvalue weighted by molar-refractivity contribution is 5.69. The molecule has 32 heavy (non-hydrogen) atoms. The van der Waals surface area contributed by atoms with E-state index in [1.54, 1.807) is 0 Å². The first-order valence-electron chi connectivity index (χ1n) is 12.4. The number of hydrogen-bond donors (Lipinski definition) is 2. The molecule has 6 rings (SSSR count). The molecule has 1 amide bonds. The van der Waals surface area contributed by atoms with Gasteiger partial charge in [-0.05, 0) is 57.4 Å². The van der Waals surface area contributed by atoms with Gasteiger partial charge in [0.2, 0.25) is 0 Å². The SMILES string of the molecule is CC(C)c1cnn2c(NC3CC4CCC(C3)N4C(=O)O[C@H]3CCNC3)cc(C3CC3)nc12. The highest BCUT2D eigenvalue weighted by atomic mass is 16.6. The minimum atomic E-state index is -0.111. The predicted molar refractivity (Wildman–Crippen MR) is 122 cm³/mol. The first kappa shape index (κ1) is 20.3. The Morgan fingerprint density at radius 3 is 2.62 bits per heavy atom. The third-order valence-electron chi connectivity index (χ3n) is 7.72. The Morgan fingerprint density at radius 2 is 1.97 bits per heavy atom. The molecule has 0 radical (unpaired) electrons. The zero-order valence-electron chi connectivity index (χ0n) is 19.1. The van der Waals surface area contributed by atoms with Gasteiger partial charge >= 0.3 is 6.09 Å². The first-order chi connectivity index (χ1) is 15.6. The quantitative estimate of drug-likeness (QED) is 0.742. The molecule has 3 saturated heterocycles. The van der Waals surface area contributed by atoms with Crippen molar-refractivity contribution in [3.05, 3.63) is 23.5 Å². The average Bonchev–Trinajstić information content (AvgIpc) is 3.19. The molecule has 3 aliphatic heterocycles. The molecule has 8 nitrogen and oxygen atoms in total. The van der Waals surface area contributed by atoms with Gasteiger partial charge < -0.3 is 20.3 Å². The number of nitrogens with zero attached hydrogens (tertiary/aromatic N) is 4. The lowest BCUT2D eigenvalue weighted by Crippen LogP contribution is -2.50. The van der Waals surface area contributed by atoms with Crippen molar-refractivity contribution in [2.24, 2.45) is 0 Å². The summed E-state index contributed by atoms with van der Waals surface area (Å²) in [4.78, 5) is 19.9. The molecule has 172 valence electrons. The Hall–Kier alpha value is -2.35. The number of rotatable bonds is 5. The standard InChI is InChI=1S/C24H34N6O2/c1-14(2)20-13-26-30-22(11-21(15-3-4-15)28-23(20)30)27-16-9-17-5-6-18(10-16)29(17)24(31)32-19-7-8-25-12-19/h11,13-19,25,27H,3-10,12H2,1-2H3/t16?,17?,18?,19-/m0/s1. The van der Waals surface area contributed by atoms with Crippen molar-refractivity contribution in [3.8, 4) is 0 Å². The van der Waals surface area contributed by atoms with Crippen molar-refractivity contribution in [1.29, 1.82) is 0 Å². The van der Waals surface area contributed by atoms with Crippen molar-refractivity contribution < 1.29 is 9.53 Å². The van der Waals surface area contributed by atoms with E-state index in [9.17, 15) is 4.79 Å². The van der Waals surface area contributed by atoms with Gasteiger partial charge in [-0.2, -0.15) is 9.61 Å². The number of nitrogens with one attached hydrogen (secondary N) is 2. The Balaban J connectivity index is 1.20. The Morgan fingerprint density at radius 1 is 1.19 bits per heavy atom. The number of aromatic nitrogens is 3. The van der Waals surface area contributed by atoms with Crippen molar-refractivity contribution in [1.82, 2.24) is 24.8 Å². The first-order valence-corrected chi connectivity index (χ1v) is 12.4. The summed E-state index contributed by atoms with van der Waals surface area (Å²) in [6, 6.07) is 3.06. The van der Waals surface area contributed by atoms with E-state index in [1.165, 1.54) is 24.1 Å². The van der Waals surface area contributed by atoms with Gasteiger partial charge in [0.25, 0.3) is 0 Å². The predicted octanol–water partition coefficient (Wildman–Crippen LogP) is 3.64. The van der Waals surface area contributed by atoms with Crippen LogP contribution in [0.15, 0.2) is 12.3 Å². The average molecular weight is 439 g/mol. The van der Waals surface area contributed by atoms with Crippen LogP contribution in [-0.4, -0.2) is 62.9 Å². The minimum Gasteiger partial charge on any atom is -0.445 e. The molecule has 2 aromatic heterocycles. The van der Waals surface area contributed by atoms with E-state index in [-0.39, 0.29) is 24.3 Å². The van der Waals surface area contributed by atoms with E-state index >= 15 is 0 Å². The second kappa shape index (κ2) is 7.90. The molecule has 0 spiro atoms. The number of carbonyl (C=O) groups is 1. The van der Waals surface area contributed by atoms with Crippen LogP contribution in [0.5, 0.6) is 0 Å². The van der Waals surface area contributed by atoms with Crippen LogP contribution in [0.4, 0.5) is 10.6 Å². The van der Waals surface area contributed by atoms with Crippen LogP contribution in [0.3, 0.4) is 0 Å². The van der Waals surface area contributed by atoms with Gasteiger partial charge in [-0.3, -0.25) is 0 Å². The summed E-state index contributed by atoms with van der Waals surface area (Å²) >= 11 is 0. The van der Waals surface area contributed by atoms with Crippen molar-refractivity contribution >= 4 is 17.6 Å². The van der Waals surface area contributed by atoms with Crippen LogP contribution in [0.25, 0.3) is 5.65 Å². The summed E-state index contributed by atoms with van der Waals surface area (Å²) in [6.07, 6.45) is 9.31. The van der Waals surface area contributed by atoms with Gasteiger partial charge in [-0.1, -0.05) is 13.8 Å². The number of carbonyl (C=O) groups excluding carboxylic acids is 1. The van der Waals surface area contributed by atoms with Crippen LogP contribution in [-0.2, 0) is 4.74 Å². The van der Waals surface area contributed by atoms with Gasteiger partial charge in [0.15, 0.2) is 5.65 Å². The fraction of sp³-hybridized carbons (Fsp3) is 0.708. The van der Waals surface area contributed by atoms with Gasteiger partial charge in [0.05, 0.1) is 6.20 Å². The molecule has 2 aromatic rings. The maximum absolute atomic E-state index is 12.9. The molecule has 1 aliphatic carbocycles. The van der Waals surface area contributed by atoms with Crippen LogP contribution >= 0.6 is 0 Å². The van der Waals surface area contributed by atoms with Crippen molar-refractivity contribution in [3.63, 3.8) is 0 Å². The molecule has 8 heteroatoms. The number of hydrogen-bond acceptors (Lipinski definition) is 6. The zero-order chi connectivity index (χ0) is 21.8. The van der Waals surface area contributed by atoms with Crippen LogP contribution < -0.4 is 10.6 Å².